The maximum Gasteiger partial charge on any atom is 0.289 e. The van der Waals surface area contributed by atoms with Crippen molar-refractivity contribution < 1.29 is 14.3 Å². The van der Waals surface area contributed by atoms with Gasteiger partial charge in [0.25, 0.3) is 5.91 Å². The molecule has 4 heteroatoms. The third kappa shape index (κ3) is 4.30. The van der Waals surface area contributed by atoms with E-state index < -0.39 is 11.7 Å². The summed E-state index contributed by atoms with van der Waals surface area (Å²) < 4.78 is 5.21. The maximum absolute atomic E-state index is 11.4. The Labute approximate surface area is 106 Å². The highest BCUT2D eigenvalue weighted by Gasteiger charge is 2.23. The fourth-order valence-corrected chi connectivity index (χ4v) is 1.56. The van der Waals surface area contributed by atoms with Crippen LogP contribution < -0.4 is 5.32 Å². The summed E-state index contributed by atoms with van der Waals surface area (Å²) in [4.78, 5) is 22.8. The van der Waals surface area contributed by atoms with Crippen LogP contribution in [0.25, 0.3) is 0 Å². The third-order valence-corrected chi connectivity index (χ3v) is 2.85. The zero-order chi connectivity index (χ0) is 12.8. The maximum atomic E-state index is 11.4. The Morgan fingerprint density at radius 1 is 1.22 bits per heavy atom. The van der Waals surface area contributed by atoms with E-state index >= 15 is 0 Å². The van der Waals surface area contributed by atoms with E-state index in [4.69, 9.17) is 4.74 Å². The molecule has 1 fully saturated rings. The Bertz CT molecular complexity index is 412. The summed E-state index contributed by atoms with van der Waals surface area (Å²) >= 11 is 0. The van der Waals surface area contributed by atoms with Crippen LogP contribution in [0.4, 0.5) is 0 Å². The summed E-state index contributed by atoms with van der Waals surface area (Å²) in [5, 5.41) is 2.62. The summed E-state index contributed by atoms with van der Waals surface area (Å²) in [7, 11) is 0. The number of nitrogens with one attached hydrogen (secondary N) is 1. The Hall–Kier alpha value is -1.68. The van der Waals surface area contributed by atoms with Crippen molar-refractivity contribution in [3.8, 4) is 0 Å². The number of ketones is 1. The molecule has 0 atom stereocenters. The van der Waals surface area contributed by atoms with Crippen molar-refractivity contribution in [1.29, 1.82) is 0 Å². The van der Waals surface area contributed by atoms with E-state index in [2.05, 4.69) is 5.32 Å². The Morgan fingerprint density at radius 3 is 2.61 bits per heavy atom. The number of ether oxygens (including phenoxy) is 1. The van der Waals surface area contributed by atoms with Gasteiger partial charge in [-0.1, -0.05) is 30.3 Å². The summed E-state index contributed by atoms with van der Waals surface area (Å²) in [5.74, 6) is -0.464. The average Bonchev–Trinajstić information content (AvgIpc) is 3.21. The molecule has 1 saturated carbocycles. The van der Waals surface area contributed by atoms with Crippen LogP contribution in [0.1, 0.15) is 18.4 Å². The van der Waals surface area contributed by atoms with Gasteiger partial charge in [0.1, 0.15) is 6.61 Å². The van der Waals surface area contributed by atoms with Crippen molar-refractivity contribution in [1.82, 2.24) is 5.32 Å². The summed E-state index contributed by atoms with van der Waals surface area (Å²) in [6.45, 7) is 0.803. The summed E-state index contributed by atoms with van der Waals surface area (Å²) in [6, 6.07) is 9.56. The molecule has 1 N–H and O–H groups in total. The average molecular weight is 247 g/mol. The molecular weight excluding hydrogens is 230 g/mol. The van der Waals surface area contributed by atoms with Crippen molar-refractivity contribution in [2.75, 3.05) is 13.2 Å². The molecule has 4 nitrogen and oxygen atoms in total. The number of hydrogen-bond acceptors (Lipinski definition) is 3. The molecule has 0 heterocycles. The zero-order valence-electron chi connectivity index (χ0n) is 10.2. The minimum absolute atomic E-state index is 0.161. The lowest BCUT2D eigenvalue weighted by Crippen LogP contribution is -2.34. The molecule has 1 aromatic carbocycles. The van der Waals surface area contributed by atoms with Crippen molar-refractivity contribution in [3.05, 3.63) is 35.9 Å². The van der Waals surface area contributed by atoms with Crippen LogP contribution >= 0.6 is 0 Å². The molecule has 0 radical (unpaired) electrons. The topological polar surface area (TPSA) is 55.4 Å². The van der Waals surface area contributed by atoms with Gasteiger partial charge in [-0.2, -0.15) is 0 Å². The number of hydrogen-bond donors (Lipinski definition) is 1. The minimum Gasteiger partial charge on any atom is -0.368 e. The van der Waals surface area contributed by atoms with Crippen LogP contribution in [0.3, 0.4) is 0 Å². The number of rotatable bonds is 7. The predicted octanol–water partition coefficient (Wildman–Crippen LogP) is 1.30. The molecule has 1 aromatic rings. The lowest BCUT2D eigenvalue weighted by atomic mass is 10.2. The number of Topliss-reactive ketones (excluding diaryl/α,β-unsaturated/α-hetero) is 1. The minimum atomic E-state index is -0.532. The van der Waals surface area contributed by atoms with Gasteiger partial charge in [-0.15, -0.1) is 0 Å². The van der Waals surface area contributed by atoms with Crippen LogP contribution in [0.5, 0.6) is 0 Å². The molecule has 0 saturated heterocycles. The van der Waals surface area contributed by atoms with E-state index in [-0.39, 0.29) is 6.61 Å². The molecular formula is C14H17NO3. The van der Waals surface area contributed by atoms with Gasteiger partial charge < -0.3 is 10.1 Å². The first kappa shape index (κ1) is 12.8. The third-order valence-electron chi connectivity index (χ3n) is 2.85. The van der Waals surface area contributed by atoms with E-state index in [0.717, 1.165) is 18.4 Å². The predicted molar refractivity (Wildman–Crippen MR) is 66.8 cm³/mol. The fourth-order valence-electron chi connectivity index (χ4n) is 1.56. The monoisotopic (exact) mass is 247 g/mol. The molecule has 0 bridgehead atoms. The van der Waals surface area contributed by atoms with E-state index in [1.54, 1.807) is 0 Å². The first-order valence-corrected chi connectivity index (χ1v) is 6.18. The van der Waals surface area contributed by atoms with Gasteiger partial charge in [0, 0.05) is 6.54 Å². The van der Waals surface area contributed by atoms with Crippen LogP contribution in [0.2, 0.25) is 0 Å². The normalized spacial score (nSPS) is 14.2. The zero-order valence-corrected chi connectivity index (χ0v) is 10.2. The molecule has 2 rings (SSSR count). The van der Waals surface area contributed by atoms with Crippen molar-refractivity contribution >= 4 is 11.7 Å². The van der Waals surface area contributed by atoms with Gasteiger partial charge in [-0.05, 0) is 24.3 Å². The highest BCUT2D eigenvalue weighted by Crippen LogP contribution is 2.27. The number of amides is 1. The SMILES string of the molecule is O=C(COCc1ccccc1)C(=O)NCC1CC1. The van der Waals surface area contributed by atoms with E-state index in [1.165, 1.54) is 0 Å². The van der Waals surface area contributed by atoms with Crippen LogP contribution in [0.15, 0.2) is 30.3 Å². The van der Waals surface area contributed by atoms with Gasteiger partial charge in [-0.25, -0.2) is 0 Å². The summed E-state index contributed by atoms with van der Waals surface area (Å²) in [6.07, 6.45) is 2.30. The molecule has 96 valence electrons. The molecule has 18 heavy (non-hydrogen) atoms. The van der Waals surface area contributed by atoms with Gasteiger partial charge in [0.2, 0.25) is 5.78 Å². The Balaban J connectivity index is 1.63. The second kappa shape index (κ2) is 6.31. The van der Waals surface area contributed by atoms with Gasteiger partial charge in [0.15, 0.2) is 0 Å². The van der Waals surface area contributed by atoms with Gasteiger partial charge in [0.05, 0.1) is 6.61 Å². The molecule has 0 spiro atoms. The second-order valence-corrected chi connectivity index (χ2v) is 4.55. The number of carbonyl (C=O) groups is 2. The number of carbonyl (C=O) groups excluding carboxylic acids is 2. The standard InChI is InChI=1S/C14H17NO3/c16-13(14(17)15-8-11-6-7-11)10-18-9-12-4-2-1-3-5-12/h1-5,11H,6-10H2,(H,15,17). The second-order valence-electron chi connectivity index (χ2n) is 4.55. The van der Waals surface area contributed by atoms with Crippen LogP contribution in [-0.4, -0.2) is 24.8 Å². The fraction of sp³-hybridized carbons (Fsp3) is 0.429. The lowest BCUT2D eigenvalue weighted by Gasteiger charge is -2.04. The van der Waals surface area contributed by atoms with Crippen molar-refractivity contribution in [3.63, 3.8) is 0 Å². The highest BCUT2D eigenvalue weighted by atomic mass is 16.5. The molecule has 1 amide bonds. The first-order valence-electron chi connectivity index (χ1n) is 6.18. The van der Waals surface area contributed by atoms with Crippen LogP contribution in [0, 0.1) is 5.92 Å². The smallest absolute Gasteiger partial charge is 0.289 e. The quantitative estimate of drug-likeness (QED) is 0.739. The van der Waals surface area contributed by atoms with Crippen LogP contribution in [-0.2, 0) is 20.9 Å². The Morgan fingerprint density at radius 2 is 1.94 bits per heavy atom. The molecule has 0 aromatic heterocycles. The first-order chi connectivity index (χ1) is 8.75. The van der Waals surface area contributed by atoms with Crippen molar-refractivity contribution in [2.24, 2.45) is 5.92 Å². The highest BCUT2D eigenvalue weighted by molar-refractivity contribution is 6.36. The number of benzene rings is 1. The Kier molecular flexibility index (Phi) is 4.47. The molecule has 0 aliphatic heterocycles. The molecule has 0 unspecified atom stereocenters. The van der Waals surface area contributed by atoms with Gasteiger partial charge in [-0.3, -0.25) is 9.59 Å². The van der Waals surface area contributed by atoms with E-state index in [9.17, 15) is 9.59 Å². The van der Waals surface area contributed by atoms with E-state index in [1.807, 2.05) is 30.3 Å². The van der Waals surface area contributed by atoms with E-state index in [0.29, 0.717) is 19.1 Å². The lowest BCUT2D eigenvalue weighted by molar-refractivity contribution is -0.140. The van der Waals surface area contributed by atoms with Gasteiger partial charge >= 0.3 is 0 Å². The molecule has 1 aliphatic carbocycles. The largest absolute Gasteiger partial charge is 0.368 e. The van der Waals surface area contributed by atoms with Crippen molar-refractivity contribution in [2.45, 2.75) is 19.4 Å². The molecule has 1 aliphatic rings. The summed E-state index contributed by atoms with van der Waals surface area (Å²) in [5.41, 5.74) is 0.990.